The van der Waals surface area contributed by atoms with Crippen molar-refractivity contribution in [3.8, 4) is 11.4 Å². The highest BCUT2D eigenvalue weighted by atomic mass is 16.5. The molecule has 6 nitrogen and oxygen atoms in total. The standard InChI is InChI=1S/C24H22N2O4/c1-5-30-24(28)21-15(3)25-14(2)20-22(21)18-12-11-17(29-4)13-19(18)26(23(20)27)16-9-7-6-8-10-16/h6-13H,5H2,1-4H3. The van der Waals surface area contributed by atoms with Crippen LogP contribution < -0.4 is 10.3 Å². The van der Waals surface area contributed by atoms with Crippen molar-refractivity contribution in [2.75, 3.05) is 13.7 Å². The summed E-state index contributed by atoms with van der Waals surface area (Å²) in [5.41, 5.74) is 2.56. The smallest absolute Gasteiger partial charge is 0.340 e. The van der Waals surface area contributed by atoms with Crippen LogP contribution in [0.4, 0.5) is 0 Å². The highest BCUT2D eigenvalue weighted by molar-refractivity contribution is 6.17. The van der Waals surface area contributed by atoms with Crippen molar-refractivity contribution in [3.63, 3.8) is 0 Å². The number of benzene rings is 2. The Morgan fingerprint density at radius 3 is 2.43 bits per heavy atom. The number of rotatable bonds is 4. The molecule has 0 spiro atoms. The molecule has 4 rings (SSSR count). The molecule has 30 heavy (non-hydrogen) atoms. The molecular formula is C24H22N2O4. The Labute approximate surface area is 173 Å². The highest BCUT2D eigenvalue weighted by Gasteiger charge is 2.24. The van der Waals surface area contributed by atoms with E-state index in [9.17, 15) is 9.59 Å². The Morgan fingerprint density at radius 1 is 1.03 bits per heavy atom. The van der Waals surface area contributed by atoms with Crippen LogP contribution in [0.1, 0.15) is 28.7 Å². The van der Waals surface area contributed by atoms with E-state index in [2.05, 4.69) is 4.98 Å². The van der Waals surface area contributed by atoms with Crippen molar-refractivity contribution < 1.29 is 14.3 Å². The molecule has 4 aromatic rings. The van der Waals surface area contributed by atoms with Crippen molar-refractivity contribution in [1.82, 2.24) is 9.55 Å². The average molecular weight is 402 g/mol. The Morgan fingerprint density at radius 2 is 1.77 bits per heavy atom. The lowest BCUT2D eigenvalue weighted by Gasteiger charge is -2.18. The van der Waals surface area contributed by atoms with E-state index in [-0.39, 0.29) is 12.2 Å². The second-order valence-electron chi connectivity index (χ2n) is 6.99. The zero-order valence-electron chi connectivity index (χ0n) is 17.4. The van der Waals surface area contributed by atoms with Gasteiger partial charge in [-0.1, -0.05) is 18.2 Å². The number of ether oxygens (including phenoxy) is 2. The van der Waals surface area contributed by atoms with Crippen LogP contribution in [0.15, 0.2) is 53.3 Å². The lowest BCUT2D eigenvalue weighted by Crippen LogP contribution is -2.22. The fourth-order valence-corrected chi connectivity index (χ4v) is 3.92. The summed E-state index contributed by atoms with van der Waals surface area (Å²) in [6, 6.07) is 14.9. The first-order chi connectivity index (χ1) is 14.5. The SMILES string of the molecule is CCOC(=O)c1c(C)nc(C)c2c(=O)n(-c3ccccc3)c3cc(OC)ccc3c12. The molecule has 0 bridgehead atoms. The van der Waals surface area contributed by atoms with Gasteiger partial charge in [-0.25, -0.2) is 4.79 Å². The maximum atomic E-state index is 13.7. The van der Waals surface area contributed by atoms with Crippen LogP contribution in [0.3, 0.4) is 0 Å². The third kappa shape index (κ3) is 3.01. The molecule has 0 aliphatic heterocycles. The summed E-state index contributed by atoms with van der Waals surface area (Å²) >= 11 is 0. The van der Waals surface area contributed by atoms with Gasteiger partial charge in [0.05, 0.1) is 41.6 Å². The number of aryl methyl sites for hydroxylation is 2. The second kappa shape index (κ2) is 7.63. The summed E-state index contributed by atoms with van der Waals surface area (Å²) in [6.45, 7) is 5.54. The third-order valence-corrected chi connectivity index (χ3v) is 5.19. The van der Waals surface area contributed by atoms with Crippen LogP contribution in [-0.4, -0.2) is 29.2 Å². The zero-order valence-corrected chi connectivity index (χ0v) is 17.4. The summed E-state index contributed by atoms with van der Waals surface area (Å²) < 4.78 is 12.3. The van der Waals surface area contributed by atoms with Crippen LogP contribution in [0, 0.1) is 13.8 Å². The van der Waals surface area contributed by atoms with Gasteiger partial charge in [-0.3, -0.25) is 14.3 Å². The normalized spacial score (nSPS) is 11.1. The Hall–Kier alpha value is -3.67. The first-order valence-electron chi connectivity index (χ1n) is 9.74. The monoisotopic (exact) mass is 402 g/mol. The number of carbonyl (C=O) groups excluding carboxylic acids is 1. The number of aromatic nitrogens is 2. The molecule has 2 heterocycles. The molecule has 0 radical (unpaired) electrons. The van der Waals surface area contributed by atoms with E-state index in [1.807, 2.05) is 48.5 Å². The molecule has 0 fully saturated rings. The van der Waals surface area contributed by atoms with Crippen LogP contribution in [0.2, 0.25) is 0 Å². The molecule has 0 N–H and O–H groups in total. The van der Waals surface area contributed by atoms with Gasteiger partial charge >= 0.3 is 5.97 Å². The topological polar surface area (TPSA) is 70.4 Å². The molecule has 0 saturated carbocycles. The van der Waals surface area contributed by atoms with Crippen LogP contribution in [0.25, 0.3) is 27.4 Å². The number of pyridine rings is 2. The van der Waals surface area contributed by atoms with Crippen LogP contribution in [0.5, 0.6) is 5.75 Å². The first kappa shape index (κ1) is 19.6. The van der Waals surface area contributed by atoms with Gasteiger partial charge in [0.1, 0.15) is 5.75 Å². The maximum Gasteiger partial charge on any atom is 0.340 e. The van der Waals surface area contributed by atoms with E-state index >= 15 is 0 Å². The molecule has 0 aliphatic carbocycles. The second-order valence-corrected chi connectivity index (χ2v) is 6.99. The quantitative estimate of drug-likeness (QED) is 0.375. The van der Waals surface area contributed by atoms with Gasteiger partial charge in [-0.15, -0.1) is 0 Å². The Bertz CT molecular complexity index is 1340. The lowest BCUT2D eigenvalue weighted by atomic mass is 9.98. The van der Waals surface area contributed by atoms with E-state index in [0.717, 1.165) is 11.1 Å². The summed E-state index contributed by atoms with van der Waals surface area (Å²) in [6.07, 6.45) is 0. The van der Waals surface area contributed by atoms with Crippen molar-refractivity contribution in [1.29, 1.82) is 0 Å². The van der Waals surface area contributed by atoms with Crippen molar-refractivity contribution in [2.24, 2.45) is 0 Å². The van der Waals surface area contributed by atoms with E-state index in [1.54, 1.807) is 32.4 Å². The minimum atomic E-state index is -0.485. The van der Waals surface area contributed by atoms with Gasteiger partial charge in [0.15, 0.2) is 0 Å². The third-order valence-electron chi connectivity index (χ3n) is 5.19. The van der Waals surface area contributed by atoms with E-state index in [1.165, 1.54) is 0 Å². The fraction of sp³-hybridized carbons (Fsp3) is 0.208. The number of hydrogen-bond acceptors (Lipinski definition) is 5. The number of hydrogen-bond donors (Lipinski definition) is 0. The summed E-state index contributed by atoms with van der Waals surface area (Å²) in [5, 5.41) is 1.73. The first-order valence-corrected chi connectivity index (χ1v) is 9.74. The predicted molar refractivity (Wildman–Crippen MR) is 117 cm³/mol. The number of methoxy groups -OCH3 is 1. The van der Waals surface area contributed by atoms with Crippen molar-refractivity contribution in [2.45, 2.75) is 20.8 Å². The minimum absolute atomic E-state index is 0.237. The number of fused-ring (bicyclic) bond motifs is 3. The highest BCUT2D eigenvalue weighted by Crippen LogP contribution is 2.32. The minimum Gasteiger partial charge on any atom is -0.497 e. The molecule has 0 aliphatic rings. The fourth-order valence-electron chi connectivity index (χ4n) is 3.92. The summed E-state index contributed by atoms with van der Waals surface area (Å²) in [4.78, 5) is 31.1. The molecule has 6 heteroatoms. The predicted octanol–water partition coefficient (Wildman–Crippen LogP) is 4.34. The molecule has 2 aromatic carbocycles. The van der Waals surface area contributed by atoms with Gasteiger partial charge in [0, 0.05) is 22.5 Å². The molecule has 2 aromatic heterocycles. The van der Waals surface area contributed by atoms with Gasteiger partial charge in [-0.2, -0.15) is 0 Å². The van der Waals surface area contributed by atoms with E-state index in [4.69, 9.17) is 9.47 Å². The lowest BCUT2D eigenvalue weighted by molar-refractivity contribution is 0.0527. The van der Waals surface area contributed by atoms with Crippen LogP contribution in [-0.2, 0) is 4.74 Å². The zero-order chi connectivity index (χ0) is 21.4. The molecule has 0 atom stereocenters. The molecular weight excluding hydrogens is 380 g/mol. The van der Waals surface area contributed by atoms with Gasteiger partial charge < -0.3 is 9.47 Å². The average Bonchev–Trinajstić information content (AvgIpc) is 2.74. The largest absolute Gasteiger partial charge is 0.497 e. The number of carbonyl (C=O) groups is 1. The molecule has 0 unspecified atom stereocenters. The molecule has 0 amide bonds. The Balaban J connectivity index is 2.29. The number of nitrogens with zero attached hydrogens (tertiary/aromatic N) is 2. The van der Waals surface area contributed by atoms with E-state index < -0.39 is 5.97 Å². The summed E-state index contributed by atoms with van der Waals surface area (Å²) in [5.74, 6) is 0.132. The number of para-hydroxylation sites is 1. The summed E-state index contributed by atoms with van der Waals surface area (Å²) in [7, 11) is 1.58. The van der Waals surface area contributed by atoms with Crippen molar-refractivity contribution >= 4 is 27.6 Å². The Kier molecular flexibility index (Phi) is 4.99. The number of esters is 1. The maximum absolute atomic E-state index is 13.7. The van der Waals surface area contributed by atoms with Gasteiger partial charge in [0.25, 0.3) is 5.56 Å². The van der Waals surface area contributed by atoms with E-state index in [0.29, 0.717) is 39.0 Å². The molecule has 0 saturated heterocycles. The van der Waals surface area contributed by atoms with Gasteiger partial charge in [0.2, 0.25) is 0 Å². The van der Waals surface area contributed by atoms with Crippen molar-refractivity contribution in [3.05, 3.63) is 75.8 Å². The van der Waals surface area contributed by atoms with Crippen LogP contribution >= 0.6 is 0 Å². The van der Waals surface area contributed by atoms with Gasteiger partial charge in [-0.05, 0) is 45.0 Å². The molecule has 152 valence electrons.